The lowest BCUT2D eigenvalue weighted by atomic mass is 9.72. The van der Waals surface area contributed by atoms with Gasteiger partial charge in [-0.15, -0.1) is 0 Å². The van der Waals surface area contributed by atoms with Gasteiger partial charge in [0.1, 0.15) is 23.2 Å². The fraction of sp³-hybridized carbons (Fsp3) is 0.290. The van der Waals surface area contributed by atoms with E-state index in [9.17, 15) is 53.1 Å². The lowest BCUT2D eigenvalue weighted by Gasteiger charge is -2.34. The highest BCUT2D eigenvalue weighted by Crippen LogP contribution is 2.40. The van der Waals surface area contributed by atoms with E-state index < -0.39 is 93.9 Å². The van der Waals surface area contributed by atoms with Crippen LogP contribution in [0.5, 0.6) is 17.2 Å². The molecule has 2 atom stereocenters. The van der Waals surface area contributed by atoms with Crippen LogP contribution in [0, 0.1) is 11.6 Å². The van der Waals surface area contributed by atoms with Gasteiger partial charge in [0.05, 0.1) is 11.0 Å². The molecule has 16 nitrogen and oxygen atoms in total. The summed E-state index contributed by atoms with van der Waals surface area (Å²) in [7, 11) is -0.137. The first-order chi connectivity index (χ1) is 24.2. The van der Waals surface area contributed by atoms with Gasteiger partial charge in [-0.05, 0) is 42.8 Å². The molecule has 3 aromatic rings. The van der Waals surface area contributed by atoms with Gasteiger partial charge in [0.25, 0.3) is 0 Å². The largest absolute Gasteiger partial charge is 0.547 e. The van der Waals surface area contributed by atoms with Gasteiger partial charge in [-0.2, -0.15) is 0 Å². The molecular weight excluding hydrogens is 701 g/mol. The van der Waals surface area contributed by atoms with E-state index in [1.165, 1.54) is 11.0 Å². The topological polar surface area (TPSA) is 222 Å². The molecule has 1 fully saturated rings. The lowest BCUT2D eigenvalue weighted by molar-refractivity contribution is -0.153. The van der Waals surface area contributed by atoms with Crippen molar-refractivity contribution in [2.75, 3.05) is 33.2 Å². The third-order valence-corrected chi connectivity index (χ3v) is 8.67. The first-order valence-electron chi connectivity index (χ1n) is 15.3. The molecule has 2 aliphatic rings. The Balaban J connectivity index is 1.32. The summed E-state index contributed by atoms with van der Waals surface area (Å²) in [6, 6.07) is 2.93. The Labute approximate surface area is 293 Å². The number of nitrogens with one attached hydrogen (secondary N) is 2. The van der Waals surface area contributed by atoms with Crippen LogP contribution in [0.15, 0.2) is 42.7 Å². The highest BCUT2D eigenvalue weighted by Gasteiger charge is 2.42. The Bertz CT molecular complexity index is 1890. The number of imide groups is 1. The number of aromatic carboxylic acids is 1. The zero-order valence-corrected chi connectivity index (χ0v) is 27.4. The first-order valence-corrected chi connectivity index (χ1v) is 15.6. The molecule has 0 bridgehead atoms. The van der Waals surface area contributed by atoms with Crippen molar-refractivity contribution in [3.8, 4) is 17.2 Å². The number of aromatic hydroxyl groups is 2. The van der Waals surface area contributed by atoms with Crippen molar-refractivity contribution >= 4 is 48.4 Å². The second-order valence-corrected chi connectivity index (χ2v) is 12.1. The molecule has 2 unspecified atom stereocenters. The van der Waals surface area contributed by atoms with E-state index in [1.54, 1.807) is 18.5 Å². The van der Waals surface area contributed by atoms with Crippen molar-refractivity contribution in [1.29, 1.82) is 0 Å². The summed E-state index contributed by atoms with van der Waals surface area (Å²) in [5, 5.41) is 43.8. The van der Waals surface area contributed by atoms with E-state index >= 15 is 0 Å². The molecule has 1 saturated heterocycles. The number of piperazine rings is 1. The van der Waals surface area contributed by atoms with Gasteiger partial charge in [-0.1, -0.05) is 23.7 Å². The van der Waals surface area contributed by atoms with E-state index in [1.807, 2.05) is 18.0 Å². The molecule has 2 aliphatic heterocycles. The van der Waals surface area contributed by atoms with E-state index in [0.29, 0.717) is 24.1 Å². The highest BCUT2D eigenvalue weighted by atomic mass is 35.5. The zero-order chi connectivity index (χ0) is 37.1. The molecule has 0 saturated carbocycles. The monoisotopic (exact) mass is 730 g/mol. The van der Waals surface area contributed by atoms with Crippen LogP contribution in [0.1, 0.15) is 33.1 Å². The number of rotatable bonds is 10. The number of likely N-dealkylation sites (N-methyl/N-ethyl adjacent to an activating group) is 1. The van der Waals surface area contributed by atoms with Crippen molar-refractivity contribution in [1.82, 2.24) is 30.3 Å². The second kappa shape index (κ2) is 15.2. The number of pyridine rings is 1. The van der Waals surface area contributed by atoms with Gasteiger partial charge in [0, 0.05) is 50.7 Å². The number of phenolic OH excluding ortho intramolecular Hbond substituents is 2. The van der Waals surface area contributed by atoms with Crippen molar-refractivity contribution in [2.24, 2.45) is 0 Å². The first kappa shape index (κ1) is 36.7. The van der Waals surface area contributed by atoms with Gasteiger partial charge >= 0.3 is 30.9 Å². The molecule has 5 amide bonds. The van der Waals surface area contributed by atoms with Crippen molar-refractivity contribution in [3.05, 3.63) is 81.6 Å². The van der Waals surface area contributed by atoms with Crippen molar-refractivity contribution in [3.63, 3.8) is 0 Å². The summed E-state index contributed by atoms with van der Waals surface area (Å²) in [6.45, 7) is 0.698. The Morgan fingerprint density at radius 1 is 1.14 bits per heavy atom. The summed E-state index contributed by atoms with van der Waals surface area (Å²) in [5.41, 5.74) is -0.422. The highest BCUT2D eigenvalue weighted by molar-refractivity contribution is 6.47. The average Bonchev–Trinajstić information content (AvgIpc) is 3.09. The number of phenols is 2. The van der Waals surface area contributed by atoms with E-state index in [2.05, 4.69) is 15.6 Å². The minimum absolute atomic E-state index is 0.0606. The molecular formula is C31H30BClF2N6O10. The van der Waals surface area contributed by atoms with Gasteiger partial charge in [0.15, 0.2) is 17.3 Å². The SMILES string of the molecule is CN(CCN1CCN(C(=O)NC(C(=O)NC2Cc3ccc(F)c(C(=O)O)c3OB2O)c2cc(F)c(O)c(O)c2Cl)C(=O)C1=O)Cc1cccnc1. The number of aromatic nitrogens is 1. The number of carboxylic acids is 1. The Kier molecular flexibility index (Phi) is 10.9. The van der Waals surface area contributed by atoms with Crippen LogP contribution >= 0.6 is 11.6 Å². The zero-order valence-electron chi connectivity index (χ0n) is 26.7. The normalized spacial score (nSPS) is 16.4. The minimum Gasteiger partial charge on any atom is -0.534 e. The van der Waals surface area contributed by atoms with Gasteiger partial charge in [0.2, 0.25) is 5.91 Å². The van der Waals surface area contributed by atoms with Crippen molar-refractivity contribution < 1.29 is 57.8 Å². The smallest absolute Gasteiger partial charge is 0.534 e. The number of nitrogens with zero attached hydrogens (tertiary/aromatic N) is 4. The molecule has 2 aromatic carbocycles. The average molecular weight is 731 g/mol. The number of fused-ring (bicyclic) bond motifs is 1. The third-order valence-electron chi connectivity index (χ3n) is 8.27. The summed E-state index contributed by atoms with van der Waals surface area (Å²) in [4.78, 5) is 72.5. The summed E-state index contributed by atoms with van der Waals surface area (Å²) in [6.07, 6.45) is 3.03. The number of hydrogen-bond donors (Lipinski definition) is 6. The van der Waals surface area contributed by atoms with Crippen LogP contribution in [0.3, 0.4) is 0 Å². The number of amides is 5. The maximum atomic E-state index is 14.6. The maximum Gasteiger partial charge on any atom is 0.547 e. The molecule has 0 spiro atoms. The van der Waals surface area contributed by atoms with Crippen LogP contribution < -0.4 is 15.3 Å². The summed E-state index contributed by atoms with van der Waals surface area (Å²) in [5.74, 6) is -12.0. The van der Waals surface area contributed by atoms with Crippen LogP contribution in [-0.4, -0.2) is 116 Å². The number of benzene rings is 2. The molecule has 6 N–H and O–H groups in total. The summed E-state index contributed by atoms with van der Waals surface area (Å²) >= 11 is 6.14. The number of halogens is 3. The Hall–Kier alpha value is -5.53. The van der Waals surface area contributed by atoms with Gasteiger partial charge < -0.3 is 45.4 Å². The number of carbonyl (C=O) groups excluding carboxylic acids is 4. The van der Waals surface area contributed by atoms with E-state index in [4.69, 9.17) is 16.3 Å². The summed E-state index contributed by atoms with van der Waals surface area (Å²) < 4.78 is 34.0. The second-order valence-electron chi connectivity index (χ2n) is 11.7. The van der Waals surface area contributed by atoms with E-state index in [-0.39, 0.29) is 31.6 Å². The fourth-order valence-corrected chi connectivity index (χ4v) is 5.85. The van der Waals surface area contributed by atoms with E-state index in [0.717, 1.165) is 11.6 Å². The van der Waals surface area contributed by atoms with Crippen LogP contribution in [-0.2, 0) is 27.3 Å². The maximum absolute atomic E-state index is 14.6. The Morgan fingerprint density at radius 2 is 1.88 bits per heavy atom. The predicted octanol–water partition coefficient (Wildman–Crippen LogP) is 0.816. The lowest BCUT2D eigenvalue weighted by Crippen LogP contribution is -2.60. The van der Waals surface area contributed by atoms with Gasteiger partial charge in [-0.25, -0.2) is 18.4 Å². The standard InChI is InChI=1S/C31H30BClF2N6O10/c1-39(14-15-3-2-6-36-13-15)7-8-40-9-10-41(29(46)28(40)45)31(49)38-23(17-12-19(35)24(42)25(43)22(17)33)27(44)37-20-11-16-4-5-18(34)21(30(47)48)26(16)51-32(20)50/h2-6,12-13,20,23,42-43,50H,7-11,14H2,1H3,(H,37,44)(H,38,49)(H,47,48). The molecule has 3 heterocycles. The molecule has 20 heteroatoms. The number of hydrogen-bond acceptors (Lipinski definition) is 11. The molecule has 0 radical (unpaired) electrons. The van der Waals surface area contributed by atoms with Crippen LogP contribution in [0.2, 0.25) is 5.02 Å². The molecule has 0 aliphatic carbocycles. The van der Waals surface area contributed by atoms with Crippen LogP contribution in [0.4, 0.5) is 13.6 Å². The number of carbonyl (C=O) groups is 5. The van der Waals surface area contributed by atoms with Crippen molar-refractivity contribution in [2.45, 2.75) is 24.9 Å². The number of carboxylic acid groups (broad SMARTS) is 1. The third kappa shape index (κ3) is 7.79. The van der Waals surface area contributed by atoms with Crippen LogP contribution in [0.25, 0.3) is 0 Å². The van der Waals surface area contributed by atoms with Gasteiger partial charge in [-0.3, -0.25) is 24.3 Å². The molecule has 268 valence electrons. The quantitative estimate of drug-likeness (QED) is 0.0970. The minimum atomic E-state index is -2.02. The molecule has 1 aromatic heterocycles. The molecule has 51 heavy (non-hydrogen) atoms. The Morgan fingerprint density at radius 3 is 2.57 bits per heavy atom. The molecule has 5 rings (SSSR count). The number of urea groups is 1. The fourth-order valence-electron chi connectivity index (χ4n) is 5.60. The predicted molar refractivity (Wildman–Crippen MR) is 172 cm³/mol.